The van der Waals surface area contributed by atoms with Gasteiger partial charge in [-0.15, -0.1) is 0 Å². The van der Waals surface area contributed by atoms with Gasteiger partial charge in [0.1, 0.15) is 12.1 Å². The molecule has 0 aromatic carbocycles. The summed E-state index contributed by atoms with van der Waals surface area (Å²) in [4.78, 5) is 66.3. The Kier molecular flexibility index (Phi) is 10.8. The van der Waals surface area contributed by atoms with Crippen LogP contribution in [-0.4, -0.2) is 85.9 Å². The average molecular weight is 506 g/mol. The van der Waals surface area contributed by atoms with Gasteiger partial charge in [0.2, 0.25) is 17.7 Å². The Morgan fingerprint density at radius 1 is 0.972 bits per heavy atom. The van der Waals surface area contributed by atoms with Crippen molar-refractivity contribution in [3.63, 3.8) is 0 Å². The zero-order valence-electron chi connectivity index (χ0n) is 19.4. The predicted molar refractivity (Wildman–Crippen MR) is 127 cm³/mol. The number of nitrogens with two attached hydrogens (primary N) is 3. The molecule has 3 amide bonds. The van der Waals surface area contributed by atoms with Gasteiger partial charge in [0.05, 0.1) is 25.2 Å². The first-order chi connectivity index (χ1) is 17.2. The molecule has 16 nitrogen and oxygen atoms in total. The number of amides is 3. The van der Waals surface area contributed by atoms with E-state index in [1.54, 1.807) is 0 Å². The van der Waals surface area contributed by atoms with E-state index < -0.39 is 48.4 Å². The Morgan fingerprint density at radius 3 is 2.17 bits per heavy atom. The summed E-state index contributed by atoms with van der Waals surface area (Å²) in [5.74, 6) is -3.34. The van der Waals surface area contributed by atoms with Crippen LogP contribution in [0, 0.1) is 0 Å². The van der Waals surface area contributed by atoms with Crippen molar-refractivity contribution in [1.29, 1.82) is 0 Å². The summed E-state index contributed by atoms with van der Waals surface area (Å²) < 4.78 is 0. The molecule has 0 bridgehead atoms. The Balaban J connectivity index is 1.95. The van der Waals surface area contributed by atoms with Gasteiger partial charge in [-0.05, 0) is 12.8 Å². The lowest BCUT2D eigenvalue weighted by Gasteiger charge is -2.21. The molecule has 3 unspecified atom stereocenters. The fraction of sp³-hybridized carbons (Fsp3) is 0.450. The van der Waals surface area contributed by atoms with Crippen molar-refractivity contribution in [3.05, 3.63) is 36.4 Å². The van der Waals surface area contributed by atoms with Crippen LogP contribution in [-0.2, 0) is 32.0 Å². The number of aromatic nitrogens is 4. The highest BCUT2D eigenvalue weighted by Gasteiger charge is 2.27. The molecule has 0 aliphatic heterocycles. The molecule has 16 heteroatoms. The van der Waals surface area contributed by atoms with Crippen LogP contribution in [0.2, 0.25) is 0 Å². The first-order valence-electron chi connectivity index (χ1n) is 11.0. The standard InChI is InChI=1S/C20H31N11O5/c21-13(4-11-6-24-9-28-11)17(33)27-8-16(32)30-14(2-1-3-26-20(22)23)18(34)31-15(19(35)36)5-12-7-25-10-29-12/h6-7,9-10,13-15H,1-5,8,21H2,(H,24,28)(H,25,29)(H,27,33)(H,30,32)(H,31,34)(H,35,36)(H4,22,23,26). The van der Waals surface area contributed by atoms with Crippen LogP contribution in [0.1, 0.15) is 24.2 Å². The molecule has 196 valence electrons. The Labute approximate surface area is 205 Å². The van der Waals surface area contributed by atoms with Gasteiger partial charge in [-0.3, -0.25) is 19.4 Å². The maximum absolute atomic E-state index is 12.9. The van der Waals surface area contributed by atoms with Gasteiger partial charge in [0, 0.05) is 43.2 Å². The number of aliphatic carboxylic acids is 1. The minimum atomic E-state index is -1.27. The second kappa shape index (κ2) is 14.1. The van der Waals surface area contributed by atoms with Crippen LogP contribution in [0.3, 0.4) is 0 Å². The van der Waals surface area contributed by atoms with E-state index in [4.69, 9.17) is 17.2 Å². The number of hydrogen-bond donors (Lipinski definition) is 9. The lowest BCUT2D eigenvalue weighted by molar-refractivity contribution is -0.142. The van der Waals surface area contributed by atoms with Crippen molar-refractivity contribution in [2.45, 2.75) is 43.8 Å². The number of aliphatic imine (C=N–C) groups is 1. The maximum Gasteiger partial charge on any atom is 0.326 e. The lowest BCUT2D eigenvalue weighted by atomic mass is 10.1. The molecule has 2 rings (SSSR count). The highest BCUT2D eigenvalue weighted by Crippen LogP contribution is 2.03. The first kappa shape index (κ1) is 27.8. The minimum Gasteiger partial charge on any atom is -0.480 e. The number of nitrogens with one attached hydrogen (secondary N) is 5. The van der Waals surface area contributed by atoms with Crippen LogP contribution >= 0.6 is 0 Å². The lowest BCUT2D eigenvalue weighted by Crippen LogP contribution is -2.54. The molecule has 2 aromatic rings. The predicted octanol–water partition coefficient (Wildman–Crippen LogP) is -3.53. The second-order valence-corrected chi connectivity index (χ2v) is 7.85. The van der Waals surface area contributed by atoms with Crippen molar-refractivity contribution in [1.82, 2.24) is 35.9 Å². The van der Waals surface area contributed by atoms with Crippen LogP contribution in [0.5, 0.6) is 0 Å². The third-order valence-electron chi connectivity index (χ3n) is 4.95. The van der Waals surface area contributed by atoms with E-state index in [1.807, 2.05) is 0 Å². The van der Waals surface area contributed by atoms with Crippen LogP contribution in [0.25, 0.3) is 0 Å². The molecule has 0 aliphatic carbocycles. The van der Waals surface area contributed by atoms with Gasteiger partial charge in [0.25, 0.3) is 0 Å². The number of guanidine groups is 1. The van der Waals surface area contributed by atoms with Crippen molar-refractivity contribution in [3.8, 4) is 0 Å². The summed E-state index contributed by atoms with van der Waals surface area (Å²) in [6, 6.07) is -3.29. The third kappa shape index (κ3) is 9.80. The maximum atomic E-state index is 12.9. The van der Waals surface area contributed by atoms with E-state index in [2.05, 4.69) is 40.9 Å². The normalized spacial score (nSPS) is 13.1. The van der Waals surface area contributed by atoms with E-state index in [9.17, 15) is 24.3 Å². The number of imidazole rings is 2. The van der Waals surface area contributed by atoms with Crippen molar-refractivity contribution in [2.24, 2.45) is 22.2 Å². The monoisotopic (exact) mass is 505 g/mol. The van der Waals surface area contributed by atoms with Crippen molar-refractivity contribution >= 4 is 29.7 Å². The molecule has 0 saturated carbocycles. The number of carboxylic acid groups (broad SMARTS) is 1. The summed E-state index contributed by atoms with van der Waals surface area (Å²) in [7, 11) is 0. The average Bonchev–Trinajstić information content (AvgIpc) is 3.53. The molecule has 0 aliphatic rings. The minimum absolute atomic E-state index is 0.0416. The Bertz CT molecular complexity index is 1020. The van der Waals surface area contributed by atoms with E-state index in [0.717, 1.165) is 0 Å². The number of hydrogen-bond acceptors (Lipinski definition) is 8. The summed E-state index contributed by atoms with van der Waals surface area (Å²) in [5.41, 5.74) is 17.6. The summed E-state index contributed by atoms with van der Waals surface area (Å²) >= 11 is 0. The van der Waals surface area contributed by atoms with Crippen LogP contribution < -0.4 is 33.2 Å². The number of carboxylic acids is 1. The molecule has 3 atom stereocenters. The molecule has 2 heterocycles. The van der Waals surface area contributed by atoms with E-state index >= 15 is 0 Å². The smallest absolute Gasteiger partial charge is 0.326 e. The van der Waals surface area contributed by atoms with E-state index in [-0.39, 0.29) is 31.8 Å². The molecule has 2 aromatic heterocycles. The van der Waals surface area contributed by atoms with E-state index in [0.29, 0.717) is 17.8 Å². The topological polar surface area (TPSA) is 272 Å². The van der Waals surface area contributed by atoms with Crippen molar-refractivity contribution < 1.29 is 24.3 Å². The number of carbonyl (C=O) groups is 4. The molecule has 0 fully saturated rings. The number of nitrogens with zero attached hydrogens (tertiary/aromatic N) is 3. The van der Waals surface area contributed by atoms with Crippen molar-refractivity contribution in [2.75, 3.05) is 13.1 Å². The second-order valence-electron chi connectivity index (χ2n) is 7.85. The summed E-state index contributed by atoms with van der Waals surface area (Å²) in [5, 5.41) is 16.8. The molecule has 0 radical (unpaired) electrons. The number of carbonyl (C=O) groups excluding carboxylic acids is 3. The van der Waals surface area contributed by atoms with Gasteiger partial charge < -0.3 is 48.2 Å². The third-order valence-corrected chi connectivity index (χ3v) is 4.95. The fourth-order valence-corrected chi connectivity index (χ4v) is 3.13. The SMILES string of the molecule is NC(N)=NCCCC(NC(=O)CNC(=O)C(N)Cc1cnc[nH]1)C(=O)NC(Cc1cnc[nH]1)C(=O)O. The van der Waals surface area contributed by atoms with E-state index in [1.165, 1.54) is 25.0 Å². The zero-order chi connectivity index (χ0) is 26.5. The highest BCUT2D eigenvalue weighted by molar-refractivity contribution is 5.92. The molecule has 0 saturated heterocycles. The number of H-pyrrole nitrogens is 2. The van der Waals surface area contributed by atoms with Gasteiger partial charge >= 0.3 is 5.97 Å². The Morgan fingerprint density at radius 2 is 1.61 bits per heavy atom. The summed E-state index contributed by atoms with van der Waals surface area (Å²) in [6.45, 7) is -0.249. The van der Waals surface area contributed by atoms with Gasteiger partial charge in [-0.1, -0.05) is 0 Å². The first-order valence-corrected chi connectivity index (χ1v) is 11.0. The van der Waals surface area contributed by atoms with Gasteiger partial charge in [0.15, 0.2) is 5.96 Å². The van der Waals surface area contributed by atoms with Gasteiger partial charge in [-0.2, -0.15) is 0 Å². The summed E-state index contributed by atoms with van der Waals surface area (Å²) in [6.07, 6.45) is 6.39. The molecular weight excluding hydrogens is 474 g/mol. The van der Waals surface area contributed by atoms with Crippen LogP contribution in [0.15, 0.2) is 30.0 Å². The largest absolute Gasteiger partial charge is 0.480 e. The molecule has 12 N–H and O–H groups in total. The van der Waals surface area contributed by atoms with Gasteiger partial charge in [-0.25, -0.2) is 14.8 Å². The highest BCUT2D eigenvalue weighted by atomic mass is 16.4. The fourth-order valence-electron chi connectivity index (χ4n) is 3.13. The quantitative estimate of drug-likeness (QED) is 0.0653. The van der Waals surface area contributed by atoms with Crippen LogP contribution in [0.4, 0.5) is 0 Å². The molecule has 0 spiro atoms. The number of rotatable bonds is 15. The molecule has 36 heavy (non-hydrogen) atoms. The zero-order valence-corrected chi connectivity index (χ0v) is 19.4. The Hall–Kier alpha value is -4.47. The number of aromatic amines is 2. The molecular formula is C20H31N11O5.